The minimum atomic E-state index is 0.406. The minimum absolute atomic E-state index is 0.406. The van der Waals surface area contributed by atoms with Gasteiger partial charge in [0.05, 0.1) is 11.0 Å². The summed E-state index contributed by atoms with van der Waals surface area (Å²) in [6.45, 7) is 7.80. The van der Waals surface area contributed by atoms with Crippen molar-refractivity contribution >= 4 is 17.0 Å². The molecule has 0 amide bonds. The Hall–Kier alpha value is -2.04. The van der Waals surface area contributed by atoms with Crippen LogP contribution in [0.4, 0.5) is 0 Å². The van der Waals surface area contributed by atoms with Crippen LogP contribution in [0.15, 0.2) is 29.3 Å². The van der Waals surface area contributed by atoms with Crippen LogP contribution in [0.1, 0.15) is 33.0 Å². The van der Waals surface area contributed by atoms with Crippen LogP contribution in [0.2, 0.25) is 0 Å². The van der Waals surface area contributed by atoms with Crippen LogP contribution in [0.3, 0.4) is 0 Å². The van der Waals surface area contributed by atoms with Crippen molar-refractivity contribution < 1.29 is 0 Å². The van der Waals surface area contributed by atoms with Crippen LogP contribution in [0.25, 0.3) is 11.0 Å². The van der Waals surface area contributed by atoms with E-state index in [1.807, 2.05) is 25.2 Å². The first-order valence-corrected chi connectivity index (χ1v) is 7.60. The first-order valence-electron chi connectivity index (χ1n) is 7.60. The summed E-state index contributed by atoms with van der Waals surface area (Å²) in [5.41, 5.74) is 2.16. The standard InChI is InChI=1S/C16H25N5/c1-5-12(3)19-16(17-6-2)18-11-15-20-13-9-7-8-10-14(13)21(15)4/h7-10,12H,5-6,11H2,1-4H3,(H2,17,18,19). The molecule has 1 atom stereocenters. The normalized spacial score (nSPS) is 13.4. The summed E-state index contributed by atoms with van der Waals surface area (Å²) >= 11 is 0. The second-order valence-electron chi connectivity index (χ2n) is 5.22. The van der Waals surface area contributed by atoms with Crippen LogP contribution >= 0.6 is 0 Å². The summed E-state index contributed by atoms with van der Waals surface area (Å²) in [5.74, 6) is 1.82. The van der Waals surface area contributed by atoms with Gasteiger partial charge in [0.1, 0.15) is 12.4 Å². The molecular formula is C16H25N5. The number of nitrogens with zero attached hydrogens (tertiary/aromatic N) is 3. The van der Waals surface area contributed by atoms with Crippen molar-refractivity contribution in [3.05, 3.63) is 30.1 Å². The number of aryl methyl sites for hydroxylation is 1. The Morgan fingerprint density at radius 2 is 2.10 bits per heavy atom. The van der Waals surface area contributed by atoms with Gasteiger partial charge in [-0.1, -0.05) is 19.1 Å². The van der Waals surface area contributed by atoms with Gasteiger partial charge in [0.15, 0.2) is 5.96 Å². The Morgan fingerprint density at radius 3 is 2.76 bits per heavy atom. The molecule has 0 spiro atoms. The lowest BCUT2D eigenvalue weighted by molar-refractivity contribution is 0.623. The van der Waals surface area contributed by atoms with Gasteiger partial charge in [-0.05, 0) is 32.4 Å². The van der Waals surface area contributed by atoms with Crippen LogP contribution in [0, 0.1) is 0 Å². The molecule has 0 fully saturated rings. The number of benzene rings is 1. The van der Waals surface area contributed by atoms with Crippen LogP contribution in [-0.2, 0) is 13.6 Å². The molecule has 5 heteroatoms. The molecule has 1 unspecified atom stereocenters. The van der Waals surface area contributed by atoms with Crippen molar-refractivity contribution in [3.63, 3.8) is 0 Å². The van der Waals surface area contributed by atoms with Gasteiger partial charge in [-0.2, -0.15) is 0 Å². The van der Waals surface area contributed by atoms with Crippen molar-refractivity contribution in [1.82, 2.24) is 20.2 Å². The maximum Gasteiger partial charge on any atom is 0.191 e. The number of rotatable bonds is 5. The van der Waals surface area contributed by atoms with Gasteiger partial charge < -0.3 is 15.2 Å². The molecule has 2 aromatic rings. The molecule has 0 saturated heterocycles. The fraction of sp³-hybridized carbons (Fsp3) is 0.500. The summed E-state index contributed by atoms with van der Waals surface area (Å²) in [7, 11) is 2.04. The zero-order valence-corrected chi connectivity index (χ0v) is 13.3. The lowest BCUT2D eigenvalue weighted by Crippen LogP contribution is -2.42. The highest BCUT2D eigenvalue weighted by atomic mass is 15.2. The van der Waals surface area contributed by atoms with Crippen molar-refractivity contribution in [2.45, 2.75) is 39.8 Å². The number of para-hydroxylation sites is 2. The van der Waals surface area contributed by atoms with Crippen LogP contribution < -0.4 is 10.6 Å². The van der Waals surface area contributed by atoms with Gasteiger partial charge in [0.25, 0.3) is 0 Å². The number of hydrogen-bond acceptors (Lipinski definition) is 2. The molecule has 0 saturated carbocycles. The van der Waals surface area contributed by atoms with E-state index in [0.717, 1.165) is 35.8 Å². The Bertz CT molecular complexity index is 614. The molecule has 1 heterocycles. The molecule has 2 rings (SSSR count). The minimum Gasteiger partial charge on any atom is -0.357 e. The predicted molar refractivity (Wildman–Crippen MR) is 88.4 cm³/mol. The van der Waals surface area contributed by atoms with Crippen molar-refractivity contribution in [2.24, 2.45) is 12.0 Å². The molecule has 0 aliphatic carbocycles. The zero-order chi connectivity index (χ0) is 15.2. The number of imidazole rings is 1. The summed E-state index contributed by atoms with van der Waals surface area (Å²) < 4.78 is 2.10. The van der Waals surface area contributed by atoms with Gasteiger partial charge in [-0.25, -0.2) is 9.98 Å². The fourth-order valence-corrected chi connectivity index (χ4v) is 2.14. The predicted octanol–water partition coefficient (Wildman–Crippen LogP) is 2.43. The van der Waals surface area contributed by atoms with Gasteiger partial charge in [0, 0.05) is 19.6 Å². The average Bonchev–Trinajstić information content (AvgIpc) is 2.82. The quantitative estimate of drug-likeness (QED) is 0.656. The molecule has 0 aliphatic heterocycles. The van der Waals surface area contributed by atoms with Gasteiger partial charge in [-0.15, -0.1) is 0 Å². The van der Waals surface area contributed by atoms with E-state index in [4.69, 9.17) is 0 Å². The maximum atomic E-state index is 4.64. The average molecular weight is 287 g/mol. The maximum absolute atomic E-state index is 4.64. The molecule has 1 aromatic heterocycles. The Labute approximate surface area is 126 Å². The molecule has 0 bridgehead atoms. The first-order chi connectivity index (χ1) is 10.2. The largest absolute Gasteiger partial charge is 0.357 e. The highest BCUT2D eigenvalue weighted by molar-refractivity contribution is 5.80. The summed E-state index contributed by atoms with van der Waals surface area (Å²) in [6.07, 6.45) is 1.07. The van der Waals surface area contributed by atoms with E-state index in [-0.39, 0.29) is 0 Å². The summed E-state index contributed by atoms with van der Waals surface area (Å²) in [6, 6.07) is 8.56. The van der Waals surface area contributed by atoms with Gasteiger partial charge >= 0.3 is 0 Å². The second kappa shape index (κ2) is 7.11. The number of aromatic nitrogens is 2. The number of aliphatic imine (C=N–C) groups is 1. The third-order valence-corrected chi connectivity index (χ3v) is 3.60. The molecule has 5 nitrogen and oxygen atoms in total. The van der Waals surface area contributed by atoms with Gasteiger partial charge in [0.2, 0.25) is 0 Å². The lowest BCUT2D eigenvalue weighted by atomic mass is 10.3. The summed E-state index contributed by atoms with van der Waals surface area (Å²) in [4.78, 5) is 9.28. The molecule has 0 aliphatic rings. The number of fused-ring (bicyclic) bond motifs is 1. The summed E-state index contributed by atoms with van der Waals surface area (Å²) in [5, 5.41) is 6.67. The van der Waals surface area contributed by atoms with Crippen LogP contribution in [0.5, 0.6) is 0 Å². The molecule has 0 radical (unpaired) electrons. The van der Waals surface area contributed by atoms with Crippen molar-refractivity contribution in [2.75, 3.05) is 6.54 Å². The SMILES string of the molecule is CCNC(=NCc1nc2ccccc2n1C)NC(C)CC. The Kier molecular flexibility index (Phi) is 5.20. The third-order valence-electron chi connectivity index (χ3n) is 3.60. The number of guanidine groups is 1. The zero-order valence-electron chi connectivity index (χ0n) is 13.3. The smallest absolute Gasteiger partial charge is 0.191 e. The van der Waals surface area contributed by atoms with E-state index in [0.29, 0.717) is 12.6 Å². The van der Waals surface area contributed by atoms with E-state index in [1.54, 1.807) is 0 Å². The monoisotopic (exact) mass is 287 g/mol. The van der Waals surface area contributed by atoms with E-state index in [1.165, 1.54) is 0 Å². The molecule has 1 aromatic carbocycles. The molecular weight excluding hydrogens is 262 g/mol. The van der Waals surface area contributed by atoms with E-state index < -0.39 is 0 Å². The van der Waals surface area contributed by atoms with Gasteiger partial charge in [-0.3, -0.25) is 0 Å². The van der Waals surface area contributed by atoms with E-state index in [2.05, 4.69) is 52.0 Å². The first kappa shape index (κ1) is 15.4. The van der Waals surface area contributed by atoms with E-state index >= 15 is 0 Å². The number of hydrogen-bond donors (Lipinski definition) is 2. The van der Waals surface area contributed by atoms with Crippen molar-refractivity contribution in [1.29, 1.82) is 0 Å². The van der Waals surface area contributed by atoms with Crippen LogP contribution in [-0.4, -0.2) is 28.1 Å². The lowest BCUT2D eigenvalue weighted by Gasteiger charge is -2.16. The molecule has 21 heavy (non-hydrogen) atoms. The fourth-order valence-electron chi connectivity index (χ4n) is 2.14. The topological polar surface area (TPSA) is 54.2 Å². The Morgan fingerprint density at radius 1 is 1.33 bits per heavy atom. The second-order valence-corrected chi connectivity index (χ2v) is 5.22. The van der Waals surface area contributed by atoms with E-state index in [9.17, 15) is 0 Å². The molecule has 114 valence electrons. The van der Waals surface area contributed by atoms with Crippen molar-refractivity contribution in [3.8, 4) is 0 Å². The Balaban J connectivity index is 2.17. The molecule has 2 N–H and O–H groups in total. The highest BCUT2D eigenvalue weighted by Crippen LogP contribution is 2.14. The third kappa shape index (κ3) is 3.74. The number of nitrogens with one attached hydrogen (secondary N) is 2. The highest BCUT2D eigenvalue weighted by Gasteiger charge is 2.07.